The molecule has 0 aliphatic carbocycles. The van der Waals surface area contributed by atoms with Gasteiger partial charge in [0.05, 0.1) is 39.7 Å². The van der Waals surface area contributed by atoms with Crippen LogP contribution in [0.2, 0.25) is 0 Å². The third kappa shape index (κ3) is 4.25. The van der Waals surface area contributed by atoms with E-state index in [9.17, 15) is 4.79 Å². The number of hydrogen-bond donors (Lipinski definition) is 0. The zero-order valence-corrected chi connectivity index (χ0v) is 16.9. The van der Waals surface area contributed by atoms with Gasteiger partial charge in [0.1, 0.15) is 11.3 Å². The Hall–Kier alpha value is -3.46. The molecule has 1 fully saturated rings. The molecule has 1 aliphatic heterocycles. The molecule has 0 N–H and O–H groups in total. The molecule has 0 radical (unpaired) electrons. The zero-order valence-electron chi connectivity index (χ0n) is 16.9. The summed E-state index contributed by atoms with van der Waals surface area (Å²) in [5, 5.41) is 8.35. The summed E-state index contributed by atoms with van der Waals surface area (Å²) >= 11 is 0. The fourth-order valence-corrected chi connectivity index (χ4v) is 3.22. The Morgan fingerprint density at radius 2 is 1.87 bits per heavy atom. The molecule has 156 valence electrons. The number of pyridine rings is 1. The largest absolute Gasteiger partial charge is 0.481 e. The van der Waals surface area contributed by atoms with Crippen LogP contribution in [0.1, 0.15) is 27.7 Å². The van der Waals surface area contributed by atoms with Crippen molar-refractivity contribution in [3.05, 3.63) is 65.5 Å². The average molecular weight is 409 g/mol. The van der Waals surface area contributed by atoms with E-state index in [1.807, 2.05) is 36.5 Å². The lowest BCUT2D eigenvalue weighted by Crippen LogP contribution is -2.51. The molecule has 0 saturated carbocycles. The predicted octanol–water partition coefficient (Wildman–Crippen LogP) is 2.10. The zero-order chi connectivity index (χ0) is 20.9. The van der Waals surface area contributed by atoms with Gasteiger partial charge in [0.2, 0.25) is 11.8 Å². The van der Waals surface area contributed by atoms with Crippen LogP contribution in [0.5, 0.6) is 11.8 Å². The molecule has 1 aliphatic rings. The Balaban J connectivity index is 1.30. The smallest absolute Gasteiger partial charge is 0.259 e. The lowest BCUT2D eigenvalue weighted by Gasteiger charge is -2.38. The molecule has 4 rings (SSSR count). The van der Waals surface area contributed by atoms with E-state index in [1.165, 1.54) is 14.2 Å². The molecule has 0 bridgehead atoms. The van der Waals surface area contributed by atoms with Crippen molar-refractivity contribution >= 4 is 5.91 Å². The number of nitrogens with zero attached hydrogens (tertiary/aromatic N) is 5. The Morgan fingerprint density at radius 3 is 2.60 bits per heavy atom. The minimum atomic E-state index is -0.134. The molecule has 30 heavy (non-hydrogen) atoms. The van der Waals surface area contributed by atoms with Crippen LogP contribution < -0.4 is 9.47 Å². The van der Waals surface area contributed by atoms with E-state index in [4.69, 9.17) is 14.2 Å². The van der Waals surface area contributed by atoms with Crippen LogP contribution in [0.4, 0.5) is 0 Å². The molecule has 0 spiro atoms. The minimum absolute atomic E-state index is 0.0847. The number of hydrogen-bond acceptors (Lipinski definition) is 7. The molecular formula is C21H23N5O4. The Kier molecular flexibility index (Phi) is 5.89. The summed E-state index contributed by atoms with van der Waals surface area (Å²) in [7, 11) is 3.00. The predicted molar refractivity (Wildman–Crippen MR) is 107 cm³/mol. The van der Waals surface area contributed by atoms with Gasteiger partial charge in [-0.15, -0.1) is 5.10 Å². The van der Waals surface area contributed by atoms with Gasteiger partial charge in [-0.1, -0.05) is 35.5 Å². The van der Waals surface area contributed by atoms with Gasteiger partial charge in [-0.2, -0.15) is 4.98 Å². The van der Waals surface area contributed by atoms with Crippen LogP contribution in [-0.2, 0) is 18.0 Å². The first-order valence-corrected chi connectivity index (χ1v) is 9.58. The van der Waals surface area contributed by atoms with E-state index in [2.05, 4.69) is 15.3 Å². The van der Waals surface area contributed by atoms with Crippen LogP contribution in [0.25, 0.3) is 0 Å². The summed E-state index contributed by atoms with van der Waals surface area (Å²) in [6.07, 6.45) is 1.87. The fourth-order valence-electron chi connectivity index (χ4n) is 3.22. The quantitative estimate of drug-likeness (QED) is 0.563. The van der Waals surface area contributed by atoms with Crippen LogP contribution in [0, 0.1) is 0 Å². The standard InChI is InChI=1S/C21H23N5O4/c1-28-19-9-8-18(20(22-19)29-2)21(27)25-11-17(12-25)26-10-16(23-24-26)14-30-13-15-6-4-3-5-7-15/h3-10,17H,11-14H2,1-2H3. The number of carbonyl (C=O) groups is 1. The first kappa shape index (κ1) is 19.8. The van der Waals surface area contributed by atoms with Crippen molar-refractivity contribution in [2.24, 2.45) is 0 Å². The molecule has 9 heteroatoms. The summed E-state index contributed by atoms with van der Waals surface area (Å²) < 4.78 is 17.8. The lowest BCUT2D eigenvalue weighted by atomic mass is 10.1. The van der Waals surface area contributed by atoms with Gasteiger partial charge < -0.3 is 19.1 Å². The van der Waals surface area contributed by atoms with Crippen molar-refractivity contribution < 1.29 is 19.0 Å². The summed E-state index contributed by atoms with van der Waals surface area (Å²) in [6, 6.07) is 13.4. The second-order valence-corrected chi connectivity index (χ2v) is 6.94. The highest BCUT2D eigenvalue weighted by molar-refractivity contribution is 5.97. The molecule has 1 saturated heterocycles. The molecule has 2 aromatic heterocycles. The van der Waals surface area contributed by atoms with Gasteiger partial charge in [-0.05, 0) is 11.6 Å². The normalized spacial score (nSPS) is 13.7. The number of carbonyl (C=O) groups excluding carboxylic acids is 1. The Labute approximate surface area is 174 Å². The minimum Gasteiger partial charge on any atom is -0.481 e. The van der Waals surface area contributed by atoms with Gasteiger partial charge in [-0.25, -0.2) is 4.68 Å². The maximum atomic E-state index is 12.8. The summed E-state index contributed by atoms with van der Waals surface area (Å²) in [4.78, 5) is 18.7. The highest BCUT2D eigenvalue weighted by Gasteiger charge is 2.34. The second kappa shape index (κ2) is 8.91. The average Bonchev–Trinajstić information content (AvgIpc) is 3.21. The lowest BCUT2D eigenvalue weighted by molar-refractivity contribution is 0.0494. The van der Waals surface area contributed by atoms with E-state index in [1.54, 1.807) is 21.7 Å². The van der Waals surface area contributed by atoms with E-state index >= 15 is 0 Å². The van der Waals surface area contributed by atoms with Crippen molar-refractivity contribution in [2.75, 3.05) is 27.3 Å². The molecule has 3 heterocycles. The molecule has 9 nitrogen and oxygen atoms in total. The van der Waals surface area contributed by atoms with Gasteiger partial charge in [0.25, 0.3) is 5.91 Å². The molecular weight excluding hydrogens is 386 g/mol. The Morgan fingerprint density at radius 1 is 1.07 bits per heavy atom. The molecule has 3 aromatic rings. The van der Waals surface area contributed by atoms with Gasteiger partial charge >= 0.3 is 0 Å². The third-order valence-electron chi connectivity index (χ3n) is 4.91. The number of aromatic nitrogens is 4. The third-order valence-corrected chi connectivity index (χ3v) is 4.91. The number of methoxy groups -OCH3 is 2. The van der Waals surface area contributed by atoms with E-state index in [0.717, 1.165) is 11.3 Å². The van der Waals surface area contributed by atoms with Crippen LogP contribution >= 0.6 is 0 Å². The highest BCUT2D eigenvalue weighted by atomic mass is 16.5. The topological polar surface area (TPSA) is 91.6 Å². The van der Waals surface area contributed by atoms with E-state index in [-0.39, 0.29) is 17.8 Å². The van der Waals surface area contributed by atoms with Crippen molar-refractivity contribution in [3.63, 3.8) is 0 Å². The molecule has 1 aromatic carbocycles. The fraction of sp³-hybridized carbons (Fsp3) is 0.333. The van der Waals surface area contributed by atoms with E-state index < -0.39 is 0 Å². The van der Waals surface area contributed by atoms with Gasteiger partial charge in [0, 0.05) is 19.2 Å². The number of benzene rings is 1. The SMILES string of the molecule is COc1ccc(C(=O)N2CC(n3cc(COCc4ccccc4)nn3)C2)c(OC)n1. The summed E-state index contributed by atoms with van der Waals surface area (Å²) in [5.74, 6) is 0.515. The second-order valence-electron chi connectivity index (χ2n) is 6.94. The summed E-state index contributed by atoms with van der Waals surface area (Å²) in [5.41, 5.74) is 2.28. The van der Waals surface area contributed by atoms with Gasteiger partial charge in [-0.3, -0.25) is 4.79 Å². The molecule has 1 amide bonds. The van der Waals surface area contributed by atoms with Crippen molar-refractivity contribution in [1.82, 2.24) is 24.9 Å². The number of rotatable bonds is 8. The maximum Gasteiger partial charge on any atom is 0.259 e. The van der Waals surface area contributed by atoms with Crippen LogP contribution in [0.3, 0.4) is 0 Å². The van der Waals surface area contributed by atoms with Crippen LogP contribution in [0.15, 0.2) is 48.7 Å². The monoisotopic (exact) mass is 409 g/mol. The first-order chi connectivity index (χ1) is 14.7. The van der Waals surface area contributed by atoms with E-state index in [0.29, 0.717) is 37.7 Å². The maximum absolute atomic E-state index is 12.8. The van der Waals surface area contributed by atoms with Crippen molar-refractivity contribution in [2.45, 2.75) is 19.3 Å². The first-order valence-electron chi connectivity index (χ1n) is 9.58. The Bertz CT molecular complexity index is 1000. The number of likely N-dealkylation sites (tertiary alicyclic amines) is 1. The molecule has 0 atom stereocenters. The molecule has 0 unspecified atom stereocenters. The highest BCUT2D eigenvalue weighted by Crippen LogP contribution is 2.27. The van der Waals surface area contributed by atoms with Crippen molar-refractivity contribution in [3.8, 4) is 11.8 Å². The number of amides is 1. The summed E-state index contributed by atoms with van der Waals surface area (Å²) in [6.45, 7) is 2.00. The number of ether oxygens (including phenoxy) is 3. The van der Waals surface area contributed by atoms with Crippen LogP contribution in [-0.4, -0.2) is 58.1 Å². The van der Waals surface area contributed by atoms with Crippen molar-refractivity contribution in [1.29, 1.82) is 0 Å². The van der Waals surface area contributed by atoms with Gasteiger partial charge in [0.15, 0.2) is 0 Å².